The molecule has 1 fully saturated rings. The van der Waals surface area contributed by atoms with Crippen molar-refractivity contribution in [3.05, 3.63) is 34.9 Å². The zero-order valence-corrected chi connectivity index (χ0v) is 9.09. The van der Waals surface area contributed by atoms with Crippen LogP contribution in [-0.4, -0.2) is 17.8 Å². The van der Waals surface area contributed by atoms with Gasteiger partial charge in [0.15, 0.2) is 0 Å². The molecule has 1 aliphatic carbocycles. The minimum atomic E-state index is -0.895. The summed E-state index contributed by atoms with van der Waals surface area (Å²) < 4.78 is 32.1. The molecule has 0 spiro atoms. The van der Waals surface area contributed by atoms with E-state index in [-0.39, 0.29) is 18.6 Å². The summed E-state index contributed by atoms with van der Waals surface area (Å²) in [6, 6.07) is 2.59. The van der Waals surface area contributed by atoms with Crippen molar-refractivity contribution in [2.45, 2.75) is 31.5 Å². The molecule has 1 aromatic carbocycles. The van der Waals surface area contributed by atoms with Gasteiger partial charge in [-0.3, -0.25) is 0 Å². The van der Waals surface area contributed by atoms with Gasteiger partial charge in [-0.1, -0.05) is 6.07 Å². The van der Waals surface area contributed by atoms with Crippen LogP contribution in [0.15, 0.2) is 12.1 Å². The molecule has 0 atom stereocenters. The lowest BCUT2D eigenvalue weighted by molar-refractivity contribution is 0.147. The maximum absolute atomic E-state index is 13.8. The maximum atomic E-state index is 13.8. The predicted octanol–water partition coefficient (Wildman–Crippen LogP) is 2.18. The molecule has 88 valence electrons. The summed E-state index contributed by atoms with van der Waals surface area (Å²) in [5.41, 5.74) is -0.606. The van der Waals surface area contributed by atoms with Gasteiger partial charge in [0.2, 0.25) is 0 Å². The number of methoxy groups -OCH3 is 1. The number of halogens is 2. The van der Waals surface area contributed by atoms with Gasteiger partial charge in [-0.25, -0.2) is 8.78 Å². The normalized spacial score (nSPS) is 17.5. The smallest absolute Gasteiger partial charge is 0.134 e. The molecule has 2 rings (SSSR count). The first-order valence-corrected chi connectivity index (χ1v) is 5.23. The lowest BCUT2D eigenvalue weighted by Gasteiger charge is -2.12. The highest BCUT2D eigenvalue weighted by Gasteiger charge is 2.41. The second-order valence-electron chi connectivity index (χ2n) is 4.33. The first-order valence-electron chi connectivity index (χ1n) is 5.23. The van der Waals surface area contributed by atoms with Gasteiger partial charge in [0, 0.05) is 24.7 Å². The SMILES string of the molecule is COCc1ccc(F)c(CC2(O)CC2)c1F. The second kappa shape index (κ2) is 4.11. The lowest BCUT2D eigenvalue weighted by Crippen LogP contribution is -2.14. The lowest BCUT2D eigenvalue weighted by atomic mass is 10.0. The largest absolute Gasteiger partial charge is 0.390 e. The molecule has 1 aromatic rings. The molecule has 1 aliphatic rings. The van der Waals surface area contributed by atoms with Gasteiger partial charge < -0.3 is 9.84 Å². The molecule has 0 aliphatic heterocycles. The van der Waals surface area contributed by atoms with Crippen LogP contribution in [0.2, 0.25) is 0 Å². The van der Waals surface area contributed by atoms with Crippen LogP contribution in [0.5, 0.6) is 0 Å². The van der Waals surface area contributed by atoms with E-state index < -0.39 is 17.2 Å². The molecule has 0 amide bonds. The molecule has 0 unspecified atom stereocenters. The van der Waals surface area contributed by atoms with Crippen LogP contribution in [0.3, 0.4) is 0 Å². The minimum Gasteiger partial charge on any atom is -0.390 e. The van der Waals surface area contributed by atoms with Crippen LogP contribution in [-0.2, 0) is 17.8 Å². The second-order valence-corrected chi connectivity index (χ2v) is 4.33. The summed E-state index contributed by atoms with van der Waals surface area (Å²) in [5.74, 6) is -1.19. The molecule has 0 heterocycles. The molecule has 1 saturated carbocycles. The number of benzene rings is 1. The van der Waals surface area contributed by atoms with Gasteiger partial charge >= 0.3 is 0 Å². The van der Waals surface area contributed by atoms with Gasteiger partial charge in [0.05, 0.1) is 12.2 Å². The van der Waals surface area contributed by atoms with Crippen molar-refractivity contribution in [2.75, 3.05) is 7.11 Å². The zero-order chi connectivity index (χ0) is 11.8. The highest BCUT2D eigenvalue weighted by Crippen LogP contribution is 2.39. The van der Waals surface area contributed by atoms with Crippen molar-refractivity contribution in [3.8, 4) is 0 Å². The van der Waals surface area contributed by atoms with Crippen molar-refractivity contribution in [2.24, 2.45) is 0 Å². The van der Waals surface area contributed by atoms with Gasteiger partial charge in [0.1, 0.15) is 11.6 Å². The Hall–Kier alpha value is -1.00. The molecule has 2 nitrogen and oxygen atoms in total. The molecule has 0 aromatic heterocycles. The van der Waals surface area contributed by atoms with Crippen LogP contribution in [0.4, 0.5) is 8.78 Å². The van der Waals surface area contributed by atoms with E-state index in [1.54, 1.807) is 0 Å². The summed E-state index contributed by atoms with van der Waals surface area (Å²) in [4.78, 5) is 0. The first-order chi connectivity index (χ1) is 7.56. The summed E-state index contributed by atoms with van der Waals surface area (Å²) in [6.45, 7) is 0.109. The molecule has 0 bridgehead atoms. The van der Waals surface area contributed by atoms with Crippen LogP contribution in [0, 0.1) is 11.6 Å². The van der Waals surface area contributed by atoms with Crippen LogP contribution >= 0.6 is 0 Å². The van der Waals surface area contributed by atoms with E-state index in [2.05, 4.69) is 0 Å². The Kier molecular flexibility index (Phi) is 2.95. The molecule has 16 heavy (non-hydrogen) atoms. The van der Waals surface area contributed by atoms with Gasteiger partial charge in [-0.15, -0.1) is 0 Å². The average molecular weight is 228 g/mol. The highest BCUT2D eigenvalue weighted by atomic mass is 19.1. The quantitative estimate of drug-likeness (QED) is 0.855. The Balaban J connectivity index is 2.30. The van der Waals surface area contributed by atoms with E-state index >= 15 is 0 Å². The van der Waals surface area contributed by atoms with Crippen molar-refractivity contribution < 1.29 is 18.6 Å². The Morgan fingerprint density at radius 3 is 2.62 bits per heavy atom. The van der Waals surface area contributed by atoms with E-state index in [9.17, 15) is 13.9 Å². The number of aliphatic hydroxyl groups is 1. The van der Waals surface area contributed by atoms with Crippen LogP contribution in [0.1, 0.15) is 24.0 Å². The van der Waals surface area contributed by atoms with Crippen molar-refractivity contribution in [1.29, 1.82) is 0 Å². The summed E-state index contributed by atoms with van der Waals surface area (Å²) >= 11 is 0. The molecular weight excluding hydrogens is 214 g/mol. The number of hydrogen-bond acceptors (Lipinski definition) is 2. The van der Waals surface area contributed by atoms with Gasteiger partial charge in [-0.05, 0) is 18.9 Å². The number of hydrogen-bond donors (Lipinski definition) is 1. The Morgan fingerprint density at radius 1 is 1.38 bits per heavy atom. The fourth-order valence-electron chi connectivity index (χ4n) is 1.73. The zero-order valence-electron chi connectivity index (χ0n) is 9.09. The van der Waals surface area contributed by atoms with Crippen molar-refractivity contribution in [3.63, 3.8) is 0 Å². The highest BCUT2D eigenvalue weighted by molar-refractivity contribution is 5.29. The average Bonchev–Trinajstić information content (AvgIpc) is 2.96. The fraction of sp³-hybridized carbons (Fsp3) is 0.500. The predicted molar refractivity (Wildman–Crippen MR) is 55.0 cm³/mol. The van der Waals surface area contributed by atoms with E-state index in [1.807, 2.05) is 0 Å². The number of rotatable bonds is 4. The Bertz CT molecular complexity index is 400. The third-order valence-electron chi connectivity index (χ3n) is 2.90. The van der Waals surface area contributed by atoms with E-state index in [0.717, 1.165) is 0 Å². The molecule has 4 heteroatoms. The van der Waals surface area contributed by atoms with E-state index in [0.29, 0.717) is 18.4 Å². The third kappa shape index (κ3) is 2.23. The fourth-order valence-corrected chi connectivity index (χ4v) is 1.73. The van der Waals surface area contributed by atoms with Crippen molar-refractivity contribution >= 4 is 0 Å². The van der Waals surface area contributed by atoms with Crippen molar-refractivity contribution in [1.82, 2.24) is 0 Å². The molecule has 0 saturated heterocycles. The van der Waals surface area contributed by atoms with Gasteiger partial charge in [0.25, 0.3) is 0 Å². The molecule has 1 N–H and O–H groups in total. The summed E-state index contributed by atoms with van der Waals surface area (Å²) in [7, 11) is 1.46. The summed E-state index contributed by atoms with van der Waals surface area (Å²) in [5, 5.41) is 9.69. The number of ether oxygens (including phenoxy) is 1. The van der Waals surface area contributed by atoms with Crippen LogP contribution < -0.4 is 0 Å². The minimum absolute atomic E-state index is 0.0328. The summed E-state index contributed by atoms with van der Waals surface area (Å²) in [6.07, 6.45) is 1.27. The Morgan fingerprint density at radius 2 is 2.06 bits per heavy atom. The van der Waals surface area contributed by atoms with E-state index in [4.69, 9.17) is 4.74 Å². The van der Waals surface area contributed by atoms with Gasteiger partial charge in [-0.2, -0.15) is 0 Å². The van der Waals surface area contributed by atoms with Crippen LogP contribution in [0.25, 0.3) is 0 Å². The Labute approximate surface area is 92.9 Å². The molecule has 0 radical (unpaired) electrons. The maximum Gasteiger partial charge on any atom is 0.134 e. The first kappa shape index (κ1) is 11.5. The van der Waals surface area contributed by atoms with E-state index in [1.165, 1.54) is 19.2 Å². The standard InChI is InChI=1S/C12H14F2O2/c1-16-7-8-2-3-10(13)9(11(8)14)6-12(15)4-5-12/h2-3,15H,4-7H2,1H3. The molecular formula is C12H14F2O2. The third-order valence-corrected chi connectivity index (χ3v) is 2.90. The monoisotopic (exact) mass is 228 g/mol. The topological polar surface area (TPSA) is 29.5 Å².